The van der Waals surface area contributed by atoms with E-state index in [4.69, 9.17) is 5.11 Å². The highest BCUT2D eigenvalue weighted by Gasteiger charge is 2.32. The maximum Gasteiger partial charge on any atom is 0.297 e. The van der Waals surface area contributed by atoms with E-state index in [1.165, 1.54) is 16.7 Å². The molecule has 0 saturated carbocycles. The van der Waals surface area contributed by atoms with Gasteiger partial charge in [-0.2, -0.15) is 8.78 Å². The third-order valence-corrected chi connectivity index (χ3v) is 3.04. The molecule has 4 heteroatoms. The second kappa shape index (κ2) is 3.29. The average molecular weight is 214 g/mol. The number of hydrogen-bond donors (Lipinski definition) is 1. The monoisotopic (exact) mass is 214 g/mol. The van der Waals surface area contributed by atoms with Crippen molar-refractivity contribution in [1.82, 2.24) is 0 Å². The molecular formula is C10H8F2OS. The quantitative estimate of drug-likeness (QED) is 0.814. The summed E-state index contributed by atoms with van der Waals surface area (Å²) in [5, 5.41) is 10.5. The molecule has 0 radical (unpaired) electrons. The van der Waals surface area contributed by atoms with Crippen LogP contribution in [0.1, 0.15) is 5.56 Å². The second-order valence-corrected chi connectivity index (χ2v) is 3.92. The molecule has 0 aliphatic heterocycles. The Labute approximate surface area is 83.6 Å². The largest absolute Gasteiger partial charge is 0.390 e. The first-order valence-corrected chi connectivity index (χ1v) is 4.98. The van der Waals surface area contributed by atoms with Gasteiger partial charge in [0, 0.05) is 21.0 Å². The highest BCUT2D eigenvalue weighted by atomic mass is 32.1. The number of benzene rings is 1. The lowest BCUT2D eigenvalue weighted by atomic mass is 10.1. The van der Waals surface area contributed by atoms with E-state index < -0.39 is 12.5 Å². The summed E-state index contributed by atoms with van der Waals surface area (Å²) in [6, 6.07) is 6.95. The Bertz CT molecular complexity index is 450. The smallest absolute Gasteiger partial charge is 0.297 e. The second-order valence-electron chi connectivity index (χ2n) is 3.01. The Morgan fingerprint density at radius 3 is 2.71 bits per heavy atom. The van der Waals surface area contributed by atoms with Gasteiger partial charge in [0.15, 0.2) is 0 Å². The predicted molar refractivity (Wildman–Crippen MR) is 52.8 cm³/mol. The third-order valence-electron chi connectivity index (χ3n) is 2.07. The highest BCUT2D eigenvalue weighted by Crippen LogP contribution is 2.36. The Kier molecular flexibility index (Phi) is 2.25. The van der Waals surface area contributed by atoms with E-state index in [0.717, 1.165) is 4.70 Å². The van der Waals surface area contributed by atoms with Crippen molar-refractivity contribution in [2.45, 2.75) is 5.92 Å². The SMILES string of the molecule is OCC(F)(F)c1csc2ccccc12. The van der Waals surface area contributed by atoms with Crippen molar-refractivity contribution in [3.63, 3.8) is 0 Å². The van der Waals surface area contributed by atoms with E-state index in [-0.39, 0.29) is 5.56 Å². The summed E-state index contributed by atoms with van der Waals surface area (Å²) >= 11 is 1.27. The highest BCUT2D eigenvalue weighted by molar-refractivity contribution is 7.17. The number of hydrogen-bond acceptors (Lipinski definition) is 2. The average Bonchev–Trinajstić information content (AvgIpc) is 2.61. The van der Waals surface area contributed by atoms with E-state index in [0.29, 0.717) is 5.39 Å². The normalized spacial score (nSPS) is 12.2. The van der Waals surface area contributed by atoms with Gasteiger partial charge in [0.25, 0.3) is 5.92 Å². The molecule has 0 unspecified atom stereocenters. The van der Waals surface area contributed by atoms with Gasteiger partial charge < -0.3 is 5.11 Å². The molecule has 2 rings (SSSR count). The van der Waals surface area contributed by atoms with Crippen molar-refractivity contribution in [2.75, 3.05) is 6.61 Å². The van der Waals surface area contributed by atoms with Crippen molar-refractivity contribution in [3.8, 4) is 0 Å². The molecule has 1 heterocycles. The number of fused-ring (bicyclic) bond motifs is 1. The van der Waals surface area contributed by atoms with Crippen LogP contribution in [0.2, 0.25) is 0 Å². The number of rotatable bonds is 2. The van der Waals surface area contributed by atoms with Gasteiger partial charge in [0.1, 0.15) is 6.61 Å². The zero-order valence-corrected chi connectivity index (χ0v) is 8.02. The summed E-state index contributed by atoms with van der Waals surface area (Å²) in [7, 11) is 0. The summed E-state index contributed by atoms with van der Waals surface area (Å²) in [5.74, 6) is -3.14. The number of alkyl halides is 2. The lowest BCUT2D eigenvalue weighted by Gasteiger charge is -2.11. The molecule has 0 spiro atoms. The first-order chi connectivity index (χ1) is 6.65. The lowest BCUT2D eigenvalue weighted by Crippen LogP contribution is -2.17. The van der Waals surface area contributed by atoms with Crippen LogP contribution in [-0.4, -0.2) is 11.7 Å². The molecule has 74 valence electrons. The molecule has 14 heavy (non-hydrogen) atoms. The minimum Gasteiger partial charge on any atom is -0.390 e. The van der Waals surface area contributed by atoms with E-state index in [1.54, 1.807) is 24.3 Å². The standard InChI is InChI=1S/C10H8F2OS/c11-10(12,6-13)8-5-14-9-4-2-1-3-7(8)9/h1-5,13H,6H2. The van der Waals surface area contributed by atoms with Crippen LogP contribution in [0.5, 0.6) is 0 Å². The summed E-state index contributed by atoms with van der Waals surface area (Å²) < 4.78 is 27.2. The molecule has 1 aromatic heterocycles. The maximum absolute atomic E-state index is 13.2. The van der Waals surface area contributed by atoms with Crippen molar-refractivity contribution >= 4 is 21.4 Å². The maximum atomic E-state index is 13.2. The Balaban J connectivity index is 2.64. The van der Waals surface area contributed by atoms with Gasteiger partial charge in [-0.1, -0.05) is 18.2 Å². The van der Waals surface area contributed by atoms with E-state index >= 15 is 0 Å². The number of halogens is 2. The van der Waals surface area contributed by atoms with Crippen LogP contribution in [-0.2, 0) is 5.92 Å². The number of aliphatic hydroxyl groups is 1. The molecule has 2 aromatic rings. The Morgan fingerprint density at radius 1 is 1.29 bits per heavy atom. The van der Waals surface area contributed by atoms with E-state index in [1.807, 2.05) is 0 Å². The van der Waals surface area contributed by atoms with Gasteiger partial charge >= 0.3 is 0 Å². The summed E-state index contributed by atoms with van der Waals surface area (Å²) in [6.07, 6.45) is 0. The van der Waals surface area contributed by atoms with Gasteiger partial charge in [0.05, 0.1) is 0 Å². The number of thiophene rings is 1. The van der Waals surface area contributed by atoms with E-state index in [9.17, 15) is 8.78 Å². The summed E-state index contributed by atoms with van der Waals surface area (Å²) in [5.41, 5.74) is -0.0828. The molecule has 0 fully saturated rings. The minimum absolute atomic E-state index is 0.0828. The topological polar surface area (TPSA) is 20.2 Å². The molecule has 0 atom stereocenters. The molecule has 1 N–H and O–H groups in total. The van der Waals surface area contributed by atoms with Crippen molar-refractivity contribution in [3.05, 3.63) is 35.2 Å². The molecule has 0 amide bonds. The summed E-state index contributed by atoms with van der Waals surface area (Å²) in [4.78, 5) is 0. The Hall–Kier alpha value is -1.00. The van der Waals surface area contributed by atoms with Crippen LogP contribution in [0, 0.1) is 0 Å². The zero-order chi connectivity index (χ0) is 10.2. The first-order valence-electron chi connectivity index (χ1n) is 4.10. The van der Waals surface area contributed by atoms with Gasteiger partial charge in [-0.3, -0.25) is 0 Å². The van der Waals surface area contributed by atoms with Gasteiger partial charge in [-0.15, -0.1) is 11.3 Å². The van der Waals surface area contributed by atoms with Gasteiger partial charge in [0.2, 0.25) is 0 Å². The van der Waals surface area contributed by atoms with Crippen LogP contribution in [0.4, 0.5) is 8.78 Å². The lowest BCUT2D eigenvalue weighted by molar-refractivity contribution is -0.0540. The van der Waals surface area contributed by atoms with Crippen LogP contribution in [0.25, 0.3) is 10.1 Å². The molecular weight excluding hydrogens is 206 g/mol. The molecule has 1 nitrogen and oxygen atoms in total. The fraction of sp³-hybridized carbons (Fsp3) is 0.200. The van der Waals surface area contributed by atoms with Crippen molar-refractivity contribution in [2.24, 2.45) is 0 Å². The van der Waals surface area contributed by atoms with Crippen molar-refractivity contribution < 1.29 is 13.9 Å². The van der Waals surface area contributed by atoms with Gasteiger partial charge in [-0.25, -0.2) is 0 Å². The predicted octanol–water partition coefficient (Wildman–Crippen LogP) is 2.99. The third kappa shape index (κ3) is 1.40. The molecule has 0 aliphatic rings. The van der Waals surface area contributed by atoms with Crippen LogP contribution in [0.15, 0.2) is 29.6 Å². The van der Waals surface area contributed by atoms with Gasteiger partial charge in [-0.05, 0) is 6.07 Å². The fourth-order valence-electron chi connectivity index (χ4n) is 1.35. The fourth-order valence-corrected chi connectivity index (χ4v) is 2.35. The minimum atomic E-state index is -3.14. The van der Waals surface area contributed by atoms with E-state index in [2.05, 4.69) is 0 Å². The van der Waals surface area contributed by atoms with Crippen LogP contribution in [0.3, 0.4) is 0 Å². The van der Waals surface area contributed by atoms with Crippen LogP contribution < -0.4 is 0 Å². The molecule has 0 bridgehead atoms. The zero-order valence-electron chi connectivity index (χ0n) is 7.21. The number of aliphatic hydroxyl groups excluding tert-OH is 1. The molecule has 0 saturated heterocycles. The molecule has 1 aromatic carbocycles. The molecule has 0 aliphatic carbocycles. The van der Waals surface area contributed by atoms with Crippen LogP contribution >= 0.6 is 11.3 Å². The van der Waals surface area contributed by atoms with Crippen molar-refractivity contribution in [1.29, 1.82) is 0 Å². The summed E-state index contributed by atoms with van der Waals surface area (Å²) in [6.45, 7) is -1.15. The Morgan fingerprint density at radius 2 is 2.00 bits per heavy atom. The first kappa shape index (κ1) is 9.55.